The topological polar surface area (TPSA) is 32.9 Å². The molecular weight excluding hydrogens is 375 g/mol. The van der Waals surface area contributed by atoms with Gasteiger partial charge in [-0.2, -0.15) is 0 Å². The van der Waals surface area contributed by atoms with E-state index in [1.807, 2.05) is 36.8 Å². The highest BCUT2D eigenvalue weighted by Crippen LogP contribution is 2.32. The largest absolute Gasteiger partial charge is 0.357 e. The summed E-state index contributed by atoms with van der Waals surface area (Å²) in [5, 5.41) is 0. The van der Waals surface area contributed by atoms with E-state index in [1.54, 1.807) is 12.1 Å². The predicted molar refractivity (Wildman–Crippen MR) is 119 cm³/mol. The Morgan fingerprint density at radius 1 is 0.933 bits per heavy atom. The zero-order valence-electron chi connectivity index (χ0n) is 16.6. The molecule has 4 aromatic rings. The van der Waals surface area contributed by atoms with Crippen LogP contribution in [0, 0.1) is 5.82 Å². The number of aromatic nitrogens is 2. The first-order chi connectivity index (χ1) is 14.7. The molecule has 3 heterocycles. The number of imidazole rings is 1. The fourth-order valence-corrected chi connectivity index (χ4v) is 3.91. The monoisotopic (exact) mass is 396 g/mol. The first-order valence-corrected chi connectivity index (χ1v) is 9.97. The molecular formula is C25H21FN4. The SMILES string of the molecule is C[C@@H](c1ccccc1)N1CC=NC=C1c1cnc2ccc(-c3ccc(F)cc3)cn12. The Bertz CT molecular complexity index is 1240. The van der Waals surface area contributed by atoms with Crippen LogP contribution >= 0.6 is 0 Å². The number of fused-ring (bicyclic) bond motifs is 1. The Hall–Kier alpha value is -3.73. The molecule has 148 valence electrons. The second-order valence-electron chi connectivity index (χ2n) is 7.38. The Labute approximate surface area is 174 Å². The van der Waals surface area contributed by atoms with Crippen molar-refractivity contribution in [3.05, 3.63) is 102 Å². The van der Waals surface area contributed by atoms with E-state index < -0.39 is 0 Å². The molecule has 30 heavy (non-hydrogen) atoms. The van der Waals surface area contributed by atoms with Gasteiger partial charge >= 0.3 is 0 Å². The third-order valence-electron chi connectivity index (χ3n) is 5.59. The lowest BCUT2D eigenvalue weighted by atomic mass is 10.1. The maximum absolute atomic E-state index is 13.3. The minimum Gasteiger partial charge on any atom is -0.357 e. The predicted octanol–water partition coefficient (Wildman–Crippen LogP) is 5.59. The van der Waals surface area contributed by atoms with E-state index in [-0.39, 0.29) is 11.9 Å². The summed E-state index contributed by atoms with van der Waals surface area (Å²) in [6, 6.07) is 21.2. The lowest BCUT2D eigenvalue weighted by Gasteiger charge is -2.33. The Morgan fingerprint density at radius 2 is 1.70 bits per heavy atom. The summed E-state index contributed by atoms with van der Waals surface area (Å²) in [4.78, 5) is 11.3. The third-order valence-corrected chi connectivity index (χ3v) is 5.59. The van der Waals surface area contributed by atoms with Crippen LogP contribution < -0.4 is 0 Å². The number of halogens is 1. The average Bonchev–Trinajstić information content (AvgIpc) is 3.23. The number of rotatable bonds is 4. The zero-order valence-corrected chi connectivity index (χ0v) is 16.6. The smallest absolute Gasteiger partial charge is 0.137 e. The molecule has 0 bridgehead atoms. The second-order valence-corrected chi connectivity index (χ2v) is 7.38. The molecule has 4 nitrogen and oxygen atoms in total. The van der Waals surface area contributed by atoms with Gasteiger partial charge in [0.2, 0.25) is 0 Å². The minimum atomic E-state index is -0.237. The van der Waals surface area contributed by atoms with Gasteiger partial charge < -0.3 is 4.90 Å². The molecule has 0 unspecified atom stereocenters. The van der Waals surface area contributed by atoms with Gasteiger partial charge in [-0.15, -0.1) is 0 Å². The molecule has 0 saturated carbocycles. The summed E-state index contributed by atoms with van der Waals surface area (Å²) in [5.74, 6) is -0.237. The molecule has 0 saturated heterocycles. The summed E-state index contributed by atoms with van der Waals surface area (Å²) < 4.78 is 15.4. The number of hydrogen-bond acceptors (Lipinski definition) is 3. The summed E-state index contributed by atoms with van der Waals surface area (Å²) in [6.45, 7) is 2.93. The van der Waals surface area contributed by atoms with E-state index in [0.717, 1.165) is 34.7 Å². The highest BCUT2D eigenvalue weighted by atomic mass is 19.1. The van der Waals surface area contributed by atoms with Crippen LogP contribution in [0.2, 0.25) is 0 Å². The maximum Gasteiger partial charge on any atom is 0.137 e. The van der Waals surface area contributed by atoms with Gasteiger partial charge in [-0.1, -0.05) is 42.5 Å². The number of aliphatic imine (C=N–C) groups is 1. The molecule has 0 aliphatic carbocycles. The first-order valence-electron chi connectivity index (χ1n) is 9.97. The van der Waals surface area contributed by atoms with Crippen molar-refractivity contribution in [2.75, 3.05) is 6.54 Å². The van der Waals surface area contributed by atoms with E-state index in [9.17, 15) is 4.39 Å². The Kier molecular flexibility index (Phi) is 4.64. The second kappa shape index (κ2) is 7.59. The summed E-state index contributed by atoms with van der Waals surface area (Å²) in [6.07, 6.45) is 7.77. The molecule has 5 heteroatoms. The quantitative estimate of drug-likeness (QED) is 0.451. The van der Waals surface area contributed by atoms with Crippen LogP contribution in [0.5, 0.6) is 0 Å². The lowest BCUT2D eigenvalue weighted by molar-refractivity contribution is 0.355. The van der Waals surface area contributed by atoms with Crippen LogP contribution in [0.4, 0.5) is 4.39 Å². The third kappa shape index (κ3) is 3.28. The molecule has 1 aliphatic rings. The van der Waals surface area contributed by atoms with Gasteiger partial charge in [0.25, 0.3) is 0 Å². The highest BCUT2D eigenvalue weighted by Gasteiger charge is 2.23. The van der Waals surface area contributed by atoms with E-state index in [1.165, 1.54) is 17.7 Å². The van der Waals surface area contributed by atoms with Crippen LogP contribution in [-0.2, 0) is 0 Å². The number of hydrogen-bond donors (Lipinski definition) is 0. The van der Waals surface area contributed by atoms with E-state index >= 15 is 0 Å². The van der Waals surface area contributed by atoms with Gasteiger partial charge in [-0.3, -0.25) is 9.39 Å². The van der Waals surface area contributed by atoms with Crippen molar-refractivity contribution >= 4 is 17.6 Å². The lowest BCUT2D eigenvalue weighted by Crippen LogP contribution is -2.29. The molecule has 0 spiro atoms. The Balaban J connectivity index is 1.57. The average molecular weight is 396 g/mol. The number of nitrogens with zero attached hydrogens (tertiary/aromatic N) is 4. The molecule has 1 atom stereocenters. The Morgan fingerprint density at radius 3 is 2.50 bits per heavy atom. The molecule has 5 rings (SSSR count). The van der Waals surface area contributed by atoms with Crippen molar-refractivity contribution in [3.8, 4) is 11.1 Å². The molecule has 2 aromatic carbocycles. The molecule has 0 amide bonds. The van der Waals surface area contributed by atoms with Crippen molar-refractivity contribution in [3.63, 3.8) is 0 Å². The van der Waals surface area contributed by atoms with Gasteiger partial charge in [-0.25, -0.2) is 9.37 Å². The van der Waals surface area contributed by atoms with Crippen LogP contribution in [0.3, 0.4) is 0 Å². The van der Waals surface area contributed by atoms with E-state index in [0.29, 0.717) is 0 Å². The van der Waals surface area contributed by atoms with Crippen LogP contribution in [0.1, 0.15) is 24.2 Å². The van der Waals surface area contributed by atoms with Gasteiger partial charge in [0.05, 0.1) is 36.4 Å². The molecule has 0 N–H and O–H groups in total. The van der Waals surface area contributed by atoms with Crippen molar-refractivity contribution in [2.24, 2.45) is 4.99 Å². The van der Waals surface area contributed by atoms with Gasteiger partial charge in [0.15, 0.2) is 0 Å². The zero-order chi connectivity index (χ0) is 20.5. The summed E-state index contributed by atoms with van der Waals surface area (Å²) >= 11 is 0. The summed E-state index contributed by atoms with van der Waals surface area (Å²) in [5.41, 5.74) is 6.08. The normalized spacial score (nSPS) is 14.7. The molecule has 0 radical (unpaired) electrons. The van der Waals surface area contributed by atoms with Crippen LogP contribution in [0.25, 0.3) is 22.5 Å². The van der Waals surface area contributed by atoms with Gasteiger partial charge in [0.1, 0.15) is 11.5 Å². The number of benzene rings is 2. The van der Waals surface area contributed by atoms with Crippen LogP contribution in [0.15, 0.2) is 90.3 Å². The van der Waals surface area contributed by atoms with Crippen molar-refractivity contribution < 1.29 is 4.39 Å². The number of pyridine rings is 1. The van der Waals surface area contributed by atoms with Crippen molar-refractivity contribution in [2.45, 2.75) is 13.0 Å². The van der Waals surface area contributed by atoms with Crippen molar-refractivity contribution in [1.82, 2.24) is 14.3 Å². The summed E-state index contributed by atoms with van der Waals surface area (Å²) in [7, 11) is 0. The fraction of sp³-hybridized carbons (Fsp3) is 0.120. The molecule has 0 fully saturated rings. The van der Waals surface area contributed by atoms with Crippen LogP contribution in [-0.4, -0.2) is 27.0 Å². The van der Waals surface area contributed by atoms with E-state index in [2.05, 4.69) is 56.7 Å². The first kappa shape index (κ1) is 18.3. The minimum absolute atomic E-state index is 0.190. The van der Waals surface area contributed by atoms with Gasteiger partial charge in [0, 0.05) is 12.4 Å². The highest BCUT2D eigenvalue weighted by molar-refractivity contribution is 5.75. The maximum atomic E-state index is 13.3. The van der Waals surface area contributed by atoms with E-state index in [4.69, 9.17) is 0 Å². The molecule has 2 aromatic heterocycles. The fourth-order valence-electron chi connectivity index (χ4n) is 3.91. The van der Waals surface area contributed by atoms with Crippen molar-refractivity contribution in [1.29, 1.82) is 0 Å². The molecule has 1 aliphatic heterocycles. The van der Waals surface area contributed by atoms with Gasteiger partial charge in [-0.05, 0) is 47.9 Å². The standard InChI is InChI=1S/C25H21FN4/c1-18(19-5-3-2-4-6-19)29-14-13-27-15-23(29)24-16-28-25-12-9-21(17-30(24)25)20-7-10-22(26)11-8-20/h2-13,15-18H,14H2,1H3/t18-/m0/s1.